The summed E-state index contributed by atoms with van der Waals surface area (Å²) in [5, 5.41) is 0.953. The van der Waals surface area contributed by atoms with Crippen molar-refractivity contribution >= 4 is 51.8 Å². The maximum absolute atomic E-state index is 12.9. The van der Waals surface area contributed by atoms with Crippen LogP contribution in [0, 0.1) is 0 Å². The van der Waals surface area contributed by atoms with Crippen LogP contribution >= 0.6 is 34.8 Å². The molecule has 1 aliphatic rings. The summed E-state index contributed by atoms with van der Waals surface area (Å²) in [6.07, 6.45) is 3.26. The average Bonchev–Trinajstić information content (AvgIpc) is 3.09. The lowest BCUT2D eigenvalue weighted by atomic mass is 10.0. The van der Waals surface area contributed by atoms with E-state index in [0.29, 0.717) is 43.2 Å². The van der Waals surface area contributed by atoms with E-state index in [9.17, 15) is 4.79 Å². The molecule has 0 aliphatic carbocycles. The Kier molecular flexibility index (Phi) is 5.06. The van der Waals surface area contributed by atoms with Crippen LogP contribution in [0.25, 0.3) is 22.6 Å². The molecule has 1 aliphatic heterocycles. The highest BCUT2D eigenvalue weighted by molar-refractivity contribution is 6.48. The molecule has 1 fully saturated rings. The van der Waals surface area contributed by atoms with Gasteiger partial charge >= 0.3 is 0 Å². The number of carbonyl (C=O) groups is 1. The Morgan fingerprint density at radius 3 is 2.59 bits per heavy atom. The Balaban J connectivity index is 1.69. The molecule has 1 unspecified atom stereocenters. The van der Waals surface area contributed by atoms with Gasteiger partial charge in [-0.25, -0.2) is 4.98 Å². The molecule has 4 nitrogen and oxygen atoms in total. The lowest BCUT2D eigenvalue weighted by Gasteiger charge is -2.33. The van der Waals surface area contributed by atoms with Crippen molar-refractivity contribution in [2.24, 2.45) is 0 Å². The third-order valence-electron chi connectivity index (χ3n) is 4.93. The fourth-order valence-corrected chi connectivity index (χ4v) is 4.02. The van der Waals surface area contributed by atoms with E-state index in [2.05, 4.69) is 11.9 Å². The van der Waals surface area contributed by atoms with Gasteiger partial charge in [-0.1, -0.05) is 34.8 Å². The van der Waals surface area contributed by atoms with Gasteiger partial charge in [-0.2, -0.15) is 0 Å². The highest BCUT2D eigenvalue weighted by Gasteiger charge is 2.24. The number of piperidine rings is 1. The molecule has 4 rings (SSSR count). The highest BCUT2D eigenvalue weighted by atomic mass is 35.5. The second kappa shape index (κ2) is 7.34. The van der Waals surface area contributed by atoms with Crippen molar-refractivity contribution in [3.63, 3.8) is 0 Å². The van der Waals surface area contributed by atoms with Crippen molar-refractivity contribution in [3.05, 3.63) is 51.0 Å². The molecule has 1 amide bonds. The topological polar surface area (TPSA) is 46.3 Å². The van der Waals surface area contributed by atoms with Crippen LogP contribution < -0.4 is 0 Å². The summed E-state index contributed by atoms with van der Waals surface area (Å²) in [6.45, 7) is 2.89. The number of carbonyl (C=O) groups excluding carboxylic acids is 1. The molecule has 0 spiro atoms. The quantitative estimate of drug-likeness (QED) is 0.444. The number of hydrogen-bond donors (Lipinski definition) is 0. The molecule has 3 aromatic rings. The number of fused-ring (bicyclic) bond motifs is 1. The van der Waals surface area contributed by atoms with Crippen LogP contribution in [-0.4, -0.2) is 28.4 Å². The van der Waals surface area contributed by atoms with Gasteiger partial charge in [0, 0.05) is 23.7 Å². The minimum atomic E-state index is 0.0335. The summed E-state index contributed by atoms with van der Waals surface area (Å²) in [4.78, 5) is 19.3. The molecule has 0 saturated carbocycles. The second-order valence-electron chi connectivity index (χ2n) is 6.80. The summed E-state index contributed by atoms with van der Waals surface area (Å²) in [6, 6.07) is 8.89. The Hall–Kier alpha value is -1.75. The van der Waals surface area contributed by atoms with Crippen molar-refractivity contribution in [3.8, 4) is 11.5 Å². The van der Waals surface area contributed by atoms with Crippen LogP contribution in [-0.2, 0) is 0 Å². The van der Waals surface area contributed by atoms with Gasteiger partial charge in [0.15, 0.2) is 5.58 Å². The lowest BCUT2D eigenvalue weighted by molar-refractivity contribution is 0.0636. The number of rotatable bonds is 2. The van der Waals surface area contributed by atoms with Crippen molar-refractivity contribution in [2.75, 3.05) is 6.54 Å². The predicted molar refractivity (Wildman–Crippen MR) is 109 cm³/mol. The number of oxazole rings is 1. The van der Waals surface area contributed by atoms with Crippen LogP contribution in [0.15, 0.2) is 34.7 Å². The van der Waals surface area contributed by atoms with Crippen molar-refractivity contribution < 1.29 is 9.21 Å². The number of halogens is 3. The molecular formula is C20H17Cl3N2O2. The molecule has 0 radical (unpaired) electrons. The van der Waals surface area contributed by atoms with E-state index in [-0.39, 0.29) is 11.9 Å². The zero-order chi connectivity index (χ0) is 19.1. The zero-order valence-corrected chi connectivity index (χ0v) is 16.9. The molecule has 140 valence electrons. The number of hydrogen-bond acceptors (Lipinski definition) is 3. The first kappa shape index (κ1) is 18.6. The summed E-state index contributed by atoms with van der Waals surface area (Å²) < 4.78 is 5.81. The zero-order valence-electron chi connectivity index (χ0n) is 14.6. The Bertz CT molecular complexity index is 1010. The van der Waals surface area contributed by atoms with Crippen molar-refractivity contribution in [1.29, 1.82) is 0 Å². The van der Waals surface area contributed by atoms with Crippen LogP contribution in [0.3, 0.4) is 0 Å². The largest absolute Gasteiger partial charge is 0.436 e. The van der Waals surface area contributed by atoms with E-state index in [4.69, 9.17) is 39.2 Å². The monoisotopic (exact) mass is 422 g/mol. The number of likely N-dealkylation sites (tertiary alicyclic amines) is 1. The van der Waals surface area contributed by atoms with Crippen LogP contribution in [0.2, 0.25) is 15.1 Å². The van der Waals surface area contributed by atoms with Gasteiger partial charge < -0.3 is 9.32 Å². The molecule has 1 aromatic heterocycles. The van der Waals surface area contributed by atoms with Crippen LogP contribution in [0.4, 0.5) is 0 Å². The maximum Gasteiger partial charge on any atom is 0.254 e. The van der Waals surface area contributed by atoms with Gasteiger partial charge in [-0.15, -0.1) is 0 Å². The summed E-state index contributed by atoms with van der Waals surface area (Å²) in [5.41, 5.74) is 2.45. The van der Waals surface area contributed by atoms with Gasteiger partial charge in [0.2, 0.25) is 5.89 Å². The molecule has 2 heterocycles. The van der Waals surface area contributed by atoms with Gasteiger partial charge in [-0.3, -0.25) is 4.79 Å². The van der Waals surface area contributed by atoms with E-state index >= 15 is 0 Å². The standard InChI is InChI=1S/C20H17Cl3N2O2/c1-11-4-2-3-7-25(11)20(26)12-5-6-17-16(10-12)24-19(27-17)13-8-14(21)18(23)15(22)9-13/h5-6,8-11H,2-4,7H2,1H3. The maximum atomic E-state index is 12.9. The van der Waals surface area contributed by atoms with Gasteiger partial charge in [0.25, 0.3) is 5.91 Å². The minimum Gasteiger partial charge on any atom is -0.436 e. The molecule has 1 atom stereocenters. The van der Waals surface area contributed by atoms with Crippen molar-refractivity contribution in [2.45, 2.75) is 32.2 Å². The molecule has 27 heavy (non-hydrogen) atoms. The highest BCUT2D eigenvalue weighted by Crippen LogP contribution is 2.36. The Morgan fingerprint density at radius 1 is 1.15 bits per heavy atom. The smallest absolute Gasteiger partial charge is 0.254 e. The molecule has 2 aromatic carbocycles. The molecule has 7 heteroatoms. The fourth-order valence-electron chi connectivity index (χ4n) is 3.43. The first-order chi connectivity index (χ1) is 12.9. The summed E-state index contributed by atoms with van der Waals surface area (Å²) in [7, 11) is 0. The normalized spacial score (nSPS) is 17.5. The van der Waals surface area contributed by atoms with E-state index < -0.39 is 0 Å². The number of benzene rings is 2. The number of nitrogens with zero attached hydrogens (tertiary/aromatic N) is 2. The molecule has 0 N–H and O–H groups in total. The average molecular weight is 424 g/mol. The van der Waals surface area contributed by atoms with Crippen molar-refractivity contribution in [1.82, 2.24) is 9.88 Å². The Labute approximate surface area is 172 Å². The van der Waals surface area contributed by atoms with E-state index in [1.165, 1.54) is 6.42 Å². The third-order valence-corrected chi connectivity index (χ3v) is 6.13. The number of amides is 1. The summed E-state index contributed by atoms with van der Waals surface area (Å²) in [5.74, 6) is 0.410. The van der Waals surface area contributed by atoms with E-state index in [0.717, 1.165) is 19.4 Å². The Morgan fingerprint density at radius 2 is 1.89 bits per heavy atom. The first-order valence-electron chi connectivity index (χ1n) is 8.80. The minimum absolute atomic E-state index is 0.0335. The first-order valence-corrected chi connectivity index (χ1v) is 9.94. The van der Waals surface area contributed by atoms with E-state index in [1.807, 2.05) is 4.90 Å². The molecule has 1 saturated heterocycles. The second-order valence-corrected chi connectivity index (χ2v) is 7.99. The lowest BCUT2D eigenvalue weighted by Crippen LogP contribution is -2.42. The van der Waals surface area contributed by atoms with Crippen LogP contribution in [0.1, 0.15) is 36.5 Å². The predicted octanol–water partition coefficient (Wildman–Crippen LogP) is 6.47. The third kappa shape index (κ3) is 3.54. The van der Waals surface area contributed by atoms with Gasteiger partial charge in [0.1, 0.15) is 5.52 Å². The van der Waals surface area contributed by atoms with E-state index in [1.54, 1.807) is 30.3 Å². The molecular weight excluding hydrogens is 407 g/mol. The van der Waals surface area contributed by atoms with Crippen LogP contribution in [0.5, 0.6) is 0 Å². The van der Waals surface area contributed by atoms with Gasteiger partial charge in [-0.05, 0) is 56.5 Å². The fraction of sp³-hybridized carbons (Fsp3) is 0.300. The molecule has 0 bridgehead atoms. The number of aromatic nitrogens is 1. The summed E-state index contributed by atoms with van der Waals surface area (Å²) >= 11 is 18.2. The SMILES string of the molecule is CC1CCCCN1C(=O)c1ccc2oc(-c3cc(Cl)c(Cl)c(Cl)c3)nc2c1. The van der Waals surface area contributed by atoms with Gasteiger partial charge in [0.05, 0.1) is 15.1 Å².